The Labute approximate surface area is 102 Å². The molecule has 1 aromatic rings. The van der Waals surface area contributed by atoms with Gasteiger partial charge in [0.15, 0.2) is 0 Å². The molecule has 3 unspecified atom stereocenters. The van der Waals surface area contributed by atoms with E-state index in [2.05, 4.69) is 17.4 Å². The number of amides is 1. The molecular formula is C14H20N2O. The minimum Gasteiger partial charge on any atom is -0.351 e. The number of rotatable bonds is 5. The molecule has 3 N–H and O–H groups in total. The number of hydrogen-bond donors (Lipinski definition) is 2. The molecule has 0 spiro atoms. The normalized spacial score (nSPS) is 24.1. The van der Waals surface area contributed by atoms with Crippen molar-refractivity contribution in [3.8, 4) is 0 Å². The van der Waals surface area contributed by atoms with Gasteiger partial charge in [-0.3, -0.25) is 4.79 Å². The Kier molecular flexibility index (Phi) is 3.79. The van der Waals surface area contributed by atoms with Gasteiger partial charge >= 0.3 is 0 Å². The topological polar surface area (TPSA) is 55.1 Å². The van der Waals surface area contributed by atoms with Gasteiger partial charge < -0.3 is 11.1 Å². The van der Waals surface area contributed by atoms with E-state index in [-0.39, 0.29) is 18.0 Å². The van der Waals surface area contributed by atoms with Crippen molar-refractivity contribution in [2.45, 2.75) is 44.2 Å². The summed E-state index contributed by atoms with van der Waals surface area (Å²) in [5.74, 6) is 0.476. The maximum Gasteiger partial charge on any atom is 0.237 e. The van der Waals surface area contributed by atoms with Gasteiger partial charge in [-0.1, -0.05) is 43.7 Å². The second-order valence-electron chi connectivity index (χ2n) is 4.76. The van der Waals surface area contributed by atoms with Crippen molar-refractivity contribution in [2.75, 3.05) is 0 Å². The maximum absolute atomic E-state index is 11.7. The molecule has 2 rings (SSSR count). The summed E-state index contributed by atoms with van der Waals surface area (Å²) in [5, 5.41) is 3.02. The van der Waals surface area contributed by atoms with Gasteiger partial charge in [-0.15, -0.1) is 0 Å². The van der Waals surface area contributed by atoms with Crippen LogP contribution in [0.4, 0.5) is 0 Å². The lowest BCUT2D eigenvalue weighted by Gasteiger charge is -2.10. The van der Waals surface area contributed by atoms with Crippen molar-refractivity contribution in [1.82, 2.24) is 5.32 Å². The second kappa shape index (κ2) is 5.32. The first-order chi connectivity index (χ1) is 8.22. The van der Waals surface area contributed by atoms with Crippen molar-refractivity contribution in [2.24, 2.45) is 5.73 Å². The second-order valence-corrected chi connectivity index (χ2v) is 4.76. The summed E-state index contributed by atoms with van der Waals surface area (Å²) in [6.07, 6.45) is 2.74. The minimum atomic E-state index is -0.350. The van der Waals surface area contributed by atoms with E-state index in [0.29, 0.717) is 5.92 Å². The summed E-state index contributed by atoms with van der Waals surface area (Å²) in [7, 11) is 0. The van der Waals surface area contributed by atoms with Gasteiger partial charge in [0, 0.05) is 12.0 Å². The molecule has 1 fully saturated rings. The molecular weight excluding hydrogens is 212 g/mol. The zero-order valence-corrected chi connectivity index (χ0v) is 10.2. The van der Waals surface area contributed by atoms with Gasteiger partial charge in [0.25, 0.3) is 0 Å². The van der Waals surface area contributed by atoms with Crippen LogP contribution in [0.15, 0.2) is 30.3 Å². The third-order valence-electron chi connectivity index (χ3n) is 3.28. The molecule has 0 bridgehead atoms. The highest BCUT2D eigenvalue weighted by molar-refractivity contribution is 5.82. The van der Waals surface area contributed by atoms with Crippen LogP contribution < -0.4 is 11.1 Å². The van der Waals surface area contributed by atoms with E-state index in [0.717, 1.165) is 19.3 Å². The van der Waals surface area contributed by atoms with E-state index in [1.165, 1.54) is 5.56 Å². The van der Waals surface area contributed by atoms with Crippen LogP contribution >= 0.6 is 0 Å². The van der Waals surface area contributed by atoms with E-state index < -0.39 is 0 Å². The number of nitrogens with two attached hydrogens (primary N) is 1. The first kappa shape index (κ1) is 12.1. The maximum atomic E-state index is 11.7. The SMILES string of the molecule is CCCC(N)C(=O)NC1CC1c1ccccc1. The fraction of sp³-hybridized carbons (Fsp3) is 0.500. The quantitative estimate of drug-likeness (QED) is 0.813. The lowest BCUT2D eigenvalue weighted by molar-refractivity contribution is -0.122. The van der Waals surface area contributed by atoms with E-state index >= 15 is 0 Å². The molecule has 3 nitrogen and oxygen atoms in total. The average Bonchev–Trinajstić information content (AvgIpc) is 3.10. The molecule has 3 heteroatoms. The van der Waals surface area contributed by atoms with E-state index in [1.807, 2.05) is 25.1 Å². The Morgan fingerprint density at radius 1 is 1.47 bits per heavy atom. The fourth-order valence-electron chi connectivity index (χ4n) is 2.16. The zero-order chi connectivity index (χ0) is 12.3. The Bertz CT molecular complexity index is 377. The van der Waals surface area contributed by atoms with Crippen LogP contribution in [0.5, 0.6) is 0 Å². The Morgan fingerprint density at radius 3 is 2.82 bits per heavy atom. The summed E-state index contributed by atoms with van der Waals surface area (Å²) in [6, 6.07) is 10.2. The highest BCUT2D eigenvalue weighted by Crippen LogP contribution is 2.40. The molecule has 1 aliphatic carbocycles. The largest absolute Gasteiger partial charge is 0.351 e. The van der Waals surface area contributed by atoms with Crippen LogP contribution in [0.1, 0.15) is 37.7 Å². The van der Waals surface area contributed by atoms with Crippen molar-refractivity contribution in [3.63, 3.8) is 0 Å². The molecule has 1 amide bonds. The van der Waals surface area contributed by atoms with Crippen molar-refractivity contribution < 1.29 is 4.79 Å². The Balaban J connectivity index is 1.82. The standard InChI is InChI=1S/C14H20N2O/c1-2-6-12(15)14(17)16-13-9-11(13)10-7-4-3-5-8-10/h3-5,7-8,11-13H,2,6,9,15H2,1H3,(H,16,17). The first-order valence-electron chi connectivity index (χ1n) is 6.33. The van der Waals surface area contributed by atoms with E-state index in [4.69, 9.17) is 5.73 Å². The molecule has 1 aliphatic rings. The van der Waals surface area contributed by atoms with Crippen molar-refractivity contribution in [3.05, 3.63) is 35.9 Å². The zero-order valence-electron chi connectivity index (χ0n) is 10.2. The van der Waals surface area contributed by atoms with Crippen LogP contribution in [-0.4, -0.2) is 18.0 Å². The summed E-state index contributed by atoms with van der Waals surface area (Å²) in [4.78, 5) is 11.7. The van der Waals surface area contributed by atoms with Gasteiger partial charge in [-0.2, -0.15) is 0 Å². The number of carbonyl (C=O) groups is 1. The van der Waals surface area contributed by atoms with Crippen molar-refractivity contribution in [1.29, 1.82) is 0 Å². The van der Waals surface area contributed by atoms with Gasteiger partial charge in [0.05, 0.1) is 6.04 Å². The van der Waals surface area contributed by atoms with Crippen LogP contribution in [0, 0.1) is 0 Å². The smallest absolute Gasteiger partial charge is 0.237 e. The predicted octanol–water partition coefficient (Wildman–Crippen LogP) is 1.79. The Morgan fingerprint density at radius 2 is 2.18 bits per heavy atom. The molecule has 1 saturated carbocycles. The average molecular weight is 232 g/mol. The molecule has 0 radical (unpaired) electrons. The fourth-order valence-corrected chi connectivity index (χ4v) is 2.16. The monoisotopic (exact) mass is 232 g/mol. The third kappa shape index (κ3) is 3.07. The molecule has 3 atom stereocenters. The number of nitrogens with one attached hydrogen (secondary N) is 1. The number of hydrogen-bond acceptors (Lipinski definition) is 2. The van der Waals surface area contributed by atoms with Gasteiger partial charge in [0.2, 0.25) is 5.91 Å². The lowest BCUT2D eigenvalue weighted by Crippen LogP contribution is -2.41. The Hall–Kier alpha value is -1.35. The third-order valence-corrected chi connectivity index (χ3v) is 3.28. The summed E-state index contributed by atoms with van der Waals surface area (Å²) >= 11 is 0. The van der Waals surface area contributed by atoms with Crippen LogP contribution in [-0.2, 0) is 4.79 Å². The van der Waals surface area contributed by atoms with Gasteiger partial charge in [-0.05, 0) is 18.4 Å². The predicted molar refractivity (Wildman–Crippen MR) is 68.6 cm³/mol. The minimum absolute atomic E-state index is 0.00437. The summed E-state index contributed by atoms with van der Waals surface area (Å²) in [5.41, 5.74) is 7.08. The molecule has 17 heavy (non-hydrogen) atoms. The van der Waals surface area contributed by atoms with Crippen LogP contribution in [0.25, 0.3) is 0 Å². The van der Waals surface area contributed by atoms with Gasteiger partial charge in [0.1, 0.15) is 0 Å². The molecule has 92 valence electrons. The lowest BCUT2D eigenvalue weighted by atomic mass is 10.1. The number of benzene rings is 1. The molecule has 0 aliphatic heterocycles. The van der Waals surface area contributed by atoms with Crippen LogP contribution in [0.3, 0.4) is 0 Å². The summed E-state index contributed by atoms with van der Waals surface area (Å²) in [6.45, 7) is 2.04. The summed E-state index contributed by atoms with van der Waals surface area (Å²) < 4.78 is 0. The van der Waals surface area contributed by atoms with E-state index in [9.17, 15) is 4.79 Å². The van der Waals surface area contributed by atoms with E-state index in [1.54, 1.807) is 0 Å². The molecule has 1 aromatic carbocycles. The molecule has 0 heterocycles. The van der Waals surface area contributed by atoms with Crippen molar-refractivity contribution >= 4 is 5.91 Å². The first-order valence-corrected chi connectivity index (χ1v) is 6.33. The van der Waals surface area contributed by atoms with Crippen LogP contribution in [0.2, 0.25) is 0 Å². The van der Waals surface area contributed by atoms with Gasteiger partial charge in [-0.25, -0.2) is 0 Å². The highest BCUT2D eigenvalue weighted by atomic mass is 16.2. The number of carbonyl (C=O) groups excluding carboxylic acids is 1. The highest BCUT2D eigenvalue weighted by Gasteiger charge is 2.39. The molecule has 0 saturated heterocycles. The molecule has 0 aromatic heterocycles.